The molecule has 0 rings (SSSR count). The minimum absolute atomic E-state index is 0.0284. The minimum Gasteiger partial charge on any atom is -0.481 e. The fraction of sp³-hybridized carbons (Fsp3) is 0.681. The summed E-state index contributed by atoms with van der Waals surface area (Å²) in [6, 6.07) is -21.0. The lowest BCUT2D eigenvalue weighted by atomic mass is 9.94. The molecule has 18 amide bonds. The predicted molar refractivity (Wildman–Crippen MR) is 431 cm³/mol. The third kappa shape index (κ3) is 43.6. The molecule has 0 aliphatic rings. The van der Waals surface area contributed by atoms with Crippen LogP contribution in [0.4, 0.5) is 0 Å². The summed E-state index contributed by atoms with van der Waals surface area (Å²) in [6.45, 7) is 13.1. The van der Waals surface area contributed by atoms with Gasteiger partial charge in [0.1, 0.15) is 78.5 Å². The molecular formula is C72H125N25O24. The zero-order valence-electron chi connectivity index (χ0n) is 69.8. The van der Waals surface area contributed by atoms with E-state index in [-0.39, 0.29) is 95.6 Å². The Bertz CT molecular complexity index is 3670. The number of nitrogens with one attached hydrogen (secondary N) is 15. The van der Waals surface area contributed by atoms with E-state index in [0.29, 0.717) is 6.42 Å². The van der Waals surface area contributed by atoms with Crippen molar-refractivity contribution in [1.82, 2.24) is 79.8 Å². The molecule has 0 aromatic carbocycles. The van der Waals surface area contributed by atoms with Gasteiger partial charge >= 0.3 is 17.9 Å². The molecule has 0 saturated carbocycles. The Balaban J connectivity index is 6.75. The standard InChI is InChI=1S/C72H125N25O24/c1-11-15-18-39(89-61(111)41(22-24-47(75)99)90-60(110)38(19-16-25-81-71(77)78)87-50(102)31-83-66(116)54(33(5)6)94-62(112)40(21-23-46(74)98)86-49(101)30-73)59(109)85-37(10)58(108)95-57(36(9)14-4)69(119)97-55(34(7)12-2)67(117)84-32-51(103)88-44(28-52(104)105)64(114)92-45(29-53(106)107)65(115)96-56(35(8)13-3)68(118)93-43(27-48(76)100)63(113)91-42(70(120)121)20-17-26-82-72(79)80/h33-45,54-57H,11-32,73H2,1-10H3,(H2,74,98)(H2,75,99)(H2,76,100)(H,83,116)(H,84,117)(H,85,109)(H,86,101)(H,87,102)(H,88,103)(H,89,111)(H,90,110)(H,91,113)(H,92,114)(H,93,118)(H,94,112)(H,95,108)(H,96,115)(H,97,119)(H,104,105)(H,106,107)(H,120,121)(H4,77,78,81)(H4,79,80,82)/t34-,35-,36-,37-,38-,39-,40-,41-,42-,43-,44-,45-,54-,55-,56-,57-/m0/s1. The summed E-state index contributed by atoms with van der Waals surface area (Å²) in [4.78, 5) is 286. The van der Waals surface area contributed by atoms with Crippen LogP contribution in [0.5, 0.6) is 0 Å². The number of nitrogens with two attached hydrogens (primary N) is 8. The maximum atomic E-state index is 14.3. The lowest BCUT2D eigenvalue weighted by molar-refractivity contribution is -0.143. The van der Waals surface area contributed by atoms with Crippen molar-refractivity contribution in [3.8, 4) is 0 Å². The maximum absolute atomic E-state index is 14.3. The Hall–Kier alpha value is -12.6. The van der Waals surface area contributed by atoms with Gasteiger partial charge in [-0.05, 0) is 75.5 Å². The zero-order valence-corrected chi connectivity index (χ0v) is 69.8. The molecule has 49 heteroatoms. The fourth-order valence-corrected chi connectivity index (χ4v) is 11.2. The van der Waals surface area contributed by atoms with Crippen LogP contribution in [0.25, 0.3) is 0 Å². The molecule has 0 aromatic heterocycles. The van der Waals surface area contributed by atoms with Crippen molar-refractivity contribution in [3.63, 3.8) is 0 Å². The Morgan fingerprint density at radius 2 is 0.620 bits per heavy atom. The number of carbonyl (C=O) groups is 21. The van der Waals surface area contributed by atoms with Crippen LogP contribution in [0.1, 0.15) is 178 Å². The van der Waals surface area contributed by atoms with E-state index >= 15 is 0 Å². The van der Waals surface area contributed by atoms with Gasteiger partial charge in [0.15, 0.2) is 11.9 Å². The van der Waals surface area contributed by atoms with E-state index in [0.717, 1.165) is 0 Å². The van der Waals surface area contributed by atoms with E-state index < -0.39 is 278 Å². The number of hydrogen-bond acceptors (Lipinski definition) is 24. The highest BCUT2D eigenvalue weighted by atomic mass is 16.4. The molecule has 0 aliphatic carbocycles. The smallest absolute Gasteiger partial charge is 0.326 e. The number of primary amides is 3. The summed E-state index contributed by atoms with van der Waals surface area (Å²) in [5.74, 6) is -27.2. The number of amides is 18. The van der Waals surface area contributed by atoms with Gasteiger partial charge in [-0.15, -0.1) is 0 Å². The Morgan fingerprint density at radius 1 is 0.314 bits per heavy atom. The van der Waals surface area contributed by atoms with Gasteiger partial charge in [0.05, 0.1) is 38.9 Å². The fourth-order valence-electron chi connectivity index (χ4n) is 11.2. The van der Waals surface area contributed by atoms with Crippen LogP contribution in [0.3, 0.4) is 0 Å². The second-order valence-corrected chi connectivity index (χ2v) is 29.1. The highest BCUT2D eigenvalue weighted by Gasteiger charge is 2.40. The third-order valence-corrected chi connectivity index (χ3v) is 18.8. The number of unbranched alkanes of at least 4 members (excludes halogenated alkanes) is 1. The first kappa shape index (κ1) is 108. The first-order chi connectivity index (χ1) is 56.6. The first-order valence-electron chi connectivity index (χ1n) is 39.4. The topological polar surface area (TPSA) is 832 Å². The van der Waals surface area contributed by atoms with Crippen LogP contribution >= 0.6 is 0 Å². The van der Waals surface area contributed by atoms with Crippen LogP contribution in [0, 0.1) is 23.7 Å². The third-order valence-electron chi connectivity index (χ3n) is 18.8. The zero-order chi connectivity index (χ0) is 92.7. The lowest BCUT2D eigenvalue weighted by Crippen LogP contribution is -2.61. The van der Waals surface area contributed by atoms with E-state index in [1.807, 2.05) is 5.32 Å². The molecule has 0 aromatic rings. The maximum Gasteiger partial charge on any atom is 0.326 e. The van der Waals surface area contributed by atoms with Crippen molar-refractivity contribution >= 4 is 136 Å². The molecule has 34 N–H and O–H groups in total. The minimum atomic E-state index is -2.13. The number of aliphatic carboxylic acids is 3. The highest BCUT2D eigenvalue weighted by Crippen LogP contribution is 2.16. The van der Waals surface area contributed by atoms with Crippen LogP contribution in [0.15, 0.2) is 9.98 Å². The van der Waals surface area contributed by atoms with Crippen molar-refractivity contribution in [1.29, 1.82) is 0 Å². The first-order valence-corrected chi connectivity index (χ1v) is 39.4. The van der Waals surface area contributed by atoms with Crippen LogP contribution < -0.4 is 126 Å². The second kappa shape index (κ2) is 56.7. The molecule has 16 atom stereocenters. The van der Waals surface area contributed by atoms with Gasteiger partial charge in [0.2, 0.25) is 106 Å². The summed E-state index contributed by atoms with van der Waals surface area (Å²) in [5.41, 5.74) is 43.0. The average molecular weight is 1720 g/mol. The Morgan fingerprint density at radius 3 is 1.03 bits per heavy atom. The van der Waals surface area contributed by atoms with E-state index in [2.05, 4.69) is 84.4 Å². The lowest BCUT2D eigenvalue weighted by Gasteiger charge is -2.30. The molecule has 0 saturated heterocycles. The van der Waals surface area contributed by atoms with Gasteiger partial charge in [-0.1, -0.05) is 94.4 Å². The largest absolute Gasteiger partial charge is 0.481 e. The number of hydrogen-bond donors (Lipinski definition) is 26. The molecule has 0 aliphatic heterocycles. The Labute approximate surface area is 698 Å². The monoisotopic (exact) mass is 1720 g/mol. The highest BCUT2D eigenvalue weighted by molar-refractivity contribution is 6.02. The second-order valence-electron chi connectivity index (χ2n) is 29.1. The average Bonchev–Trinajstić information content (AvgIpc) is 0.821. The number of aliphatic imine (C=N–C) groups is 2. The normalized spacial score (nSPS) is 14.9. The molecule has 0 fully saturated rings. The van der Waals surface area contributed by atoms with Crippen LogP contribution in [-0.2, 0) is 101 Å². The van der Waals surface area contributed by atoms with Gasteiger partial charge in [-0.3, -0.25) is 106 Å². The van der Waals surface area contributed by atoms with Gasteiger partial charge in [0, 0.05) is 25.9 Å². The molecule has 0 unspecified atom stereocenters. The van der Waals surface area contributed by atoms with Crippen molar-refractivity contribution < 1.29 is 116 Å². The van der Waals surface area contributed by atoms with Crippen molar-refractivity contribution in [2.45, 2.75) is 257 Å². The molecular weight excluding hydrogens is 1600 g/mol. The summed E-state index contributed by atoms with van der Waals surface area (Å²) in [7, 11) is 0. The SMILES string of the molecule is CCCC[C@H](NC(=O)[C@H](CCC(N)=O)NC(=O)[C@H](CCCN=C(N)N)NC(=O)CNC(=O)[C@@H](NC(=O)[C@H](CCC(N)=O)NC(=O)CN)C(C)C)C(=O)N[C@@H](C)C(=O)N[C@H](C(=O)N[C@H](C(=O)NCC(=O)N[C@@H](CC(=O)O)C(=O)N[C@@H](CC(=O)O)C(=O)N[C@H](C(=O)N[C@@H](CC(N)=O)C(=O)N[C@@H](CCCN=C(N)N)C(=O)O)[C@@H](C)CC)[C@@H](C)CC)[C@@H](C)CC. The van der Waals surface area contributed by atoms with Gasteiger partial charge < -0.3 is 141 Å². The number of nitrogens with zero attached hydrogens (tertiary/aromatic N) is 2. The molecule has 682 valence electrons. The number of carboxylic acids is 3. The quantitative estimate of drug-likeness (QED) is 0.0153. The van der Waals surface area contributed by atoms with Crippen molar-refractivity contribution in [2.24, 2.45) is 79.5 Å². The van der Waals surface area contributed by atoms with Crippen LogP contribution in [0.2, 0.25) is 0 Å². The summed E-state index contributed by atoms with van der Waals surface area (Å²) in [6.07, 6.45) is -4.01. The molecule has 0 spiro atoms. The molecule has 121 heavy (non-hydrogen) atoms. The predicted octanol–water partition coefficient (Wildman–Crippen LogP) is -9.97. The van der Waals surface area contributed by atoms with Gasteiger partial charge in [0.25, 0.3) is 0 Å². The van der Waals surface area contributed by atoms with Crippen molar-refractivity contribution in [2.75, 3.05) is 32.7 Å². The number of carbonyl (C=O) groups excluding carboxylic acids is 18. The molecule has 0 heterocycles. The number of carboxylic acid groups (broad SMARTS) is 3. The molecule has 0 bridgehead atoms. The Kier molecular flexibility index (Phi) is 50.8. The van der Waals surface area contributed by atoms with E-state index in [1.165, 1.54) is 13.8 Å². The molecule has 49 nitrogen and oxygen atoms in total. The number of guanidine groups is 2. The summed E-state index contributed by atoms with van der Waals surface area (Å²) < 4.78 is 0. The van der Waals surface area contributed by atoms with Gasteiger partial charge in [-0.2, -0.15) is 0 Å². The van der Waals surface area contributed by atoms with E-state index in [4.69, 9.17) is 45.9 Å². The molecule has 0 radical (unpaired) electrons. The van der Waals surface area contributed by atoms with Gasteiger partial charge in [-0.25, -0.2) is 4.79 Å². The van der Waals surface area contributed by atoms with Crippen LogP contribution in [-0.4, -0.2) is 263 Å². The summed E-state index contributed by atoms with van der Waals surface area (Å²) in [5, 5.41) is 64.8. The van der Waals surface area contributed by atoms with E-state index in [9.17, 15) is 116 Å². The van der Waals surface area contributed by atoms with E-state index in [1.54, 1.807) is 55.4 Å². The number of rotatable bonds is 61. The van der Waals surface area contributed by atoms with Crippen molar-refractivity contribution in [3.05, 3.63) is 0 Å². The summed E-state index contributed by atoms with van der Waals surface area (Å²) >= 11 is 0.